The van der Waals surface area contributed by atoms with E-state index in [1.807, 2.05) is 25.1 Å². The summed E-state index contributed by atoms with van der Waals surface area (Å²) in [5, 5.41) is 11.8. The molecular weight excluding hydrogens is 255 g/mol. The Hall–Kier alpha value is -2.67. The van der Waals surface area contributed by atoms with Gasteiger partial charge in [-0.25, -0.2) is 4.39 Å². The molecule has 0 bridgehead atoms. The van der Waals surface area contributed by atoms with Gasteiger partial charge in [0, 0.05) is 5.56 Å². The fourth-order valence-electron chi connectivity index (χ4n) is 1.88. The van der Waals surface area contributed by atoms with E-state index in [1.165, 1.54) is 24.3 Å². The molecule has 20 heavy (non-hydrogen) atoms. The number of benzene rings is 2. The van der Waals surface area contributed by atoms with Crippen LogP contribution in [0, 0.1) is 24.1 Å². The minimum absolute atomic E-state index is 0.320. The zero-order valence-corrected chi connectivity index (χ0v) is 10.9. The van der Waals surface area contributed by atoms with Crippen molar-refractivity contribution in [2.75, 3.05) is 0 Å². The molecule has 3 nitrogen and oxygen atoms in total. The molecule has 0 fully saturated rings. The minimum Gasteiger partial charge on any atom is -0.332 e. The molecule has 0 aliphatic rings. The van der Waals surface area contributed by atoms with Gasteiger partial charge in [0.25, 0.3) is 5.91 Å². The molecule has 2 aromatic rings. The first kappa shape index (κ1) is 13.8. The molecule has 0 aliphatic carbocycles. The van der Waals surface area contributed by atoms with Crippen LogP contribution < -0.4 is 5.32 Å². The number of aryl methyl sites for hydroxylation is 1. The van der Waals surface area contributed by atoms with Gasteiger partial charge in [-0.05, 0) is 36.2 Å². The van der Waals surface area contributed by atoms with Crippen molar-refractivity contribution in [3.8, 4) is 6.07 Å². The van der Waals surface area contributed by atoms with Crippen molar-refractivity contribution >= 4 is 5.91 Å². The number of carbonyl (C=O) groups excluding carboxylic acids is 1. The van der Waals surface area contributed by atoms with Gasteiger partial charge in [-0.1, -0.05) is 30.3 Å². The number of carbonyl (C=O) groups is 1. The Kier molecular flexibility index (Phi) is 4.11. The van der Waals surface area contributed by atoms with Gasteiger partial charge in [-0.2, -0.15) is 5.26 Å². The summed E-state index contributed by atoms with van der Waals surface area (Å²) >= 11 is 0. The largest absolute Gasteiger partial charge is 0.332 e. The summed E-state index contributed by atoms with van der Waals surface area (Å²) in [6.07, 6.45) is 0. The highest BCUT2D eigenvalue weighted by atomic mass is 19.1. The van der Waals surface area contributed by atoms with E-state index in [1.54, 1.807) is 12.1 Å². The molecule has 0 heterocycles. The van der Waals surface area contributed by atoms with Crippen molar-refractivity contribution in [1.82, 2.24) is 5.32 Å². The Morgan fingerprint density at radius 2 is 1.85 bits per heavy atom. The average molecular weight is 268 g/mol. The Morgan fingerprint density at radius 3 is 2.45 bits per heavy atom. The third-order valence-corrected chi connectivity index (χ3v) is 3.00. The van der Waals surface area contributed by atoms with E-state index in [4.69, 9.17) is 5.26 Å². The van der Waals surface area contributed by atoms with Crippen LogP contribution in [0.2, 0.25) is 0 Å². The van der Waals surface area contributed by atoms with E-state index >= 15 is 0 Å². The number of rotatable bonds is 3. The smallest absolute Gasteiger partial charge is 0.252 e. The Morgan fingerprint density at radius 1 is 1.20 bits per heavy atom. The summed E-state index contributed by atoms with van der Waals surface area (Å²) in [6, 6.07) is 13.8. The predicted octanol–water partition coefficient (Wildman–Crippen LogP) is 3.13. The van der Waals surface area contributed by atoms with Gasteiger partial charge in [-0.3, -0.25) is 4.79 Å². The second-order valence-corrected chi connectivity index (χ2v) is 4.40. The average Bonchev–Trinajstić information content (AvgIpc) is 2.46. The van der Waals surface area contributed by atoms with Gasteiger partial charge in [0.05, 0.1) is 6.07 Å². The van der Waals surface area contributed by atoms with Crippen LogP contribution in [-0.2, 0) is 0 Å². The maximum atomic E-state index is 12.9. The lowest BCUT2D eigenvalue weighted by atomic mass is 10.1. The van der Waals surface area contributed by atoms with E-state index in [9.17, 15) is 9.18 Å². The summed E-state index contributed by atoms with van der Waals surface area (Å²) < 4.78 is 12.9. The quantitative estimate of drug-likeness (QED) is 0.929. The van der Waals surface area contributed by atoms with Crippen molar-refractivity contribution in [3.63, 3.8) is 0 Å². The highest BCUT2D eigenvalue weighted by molar-refractivity contribution is 5.96. The molecule has 100 valence electrons. The summed E-state index contributed by atoms with van der Waals surface area (Å²) in [6.45, 7) is 1.83. The Bertz CT molecular complexity index is 659. The van der Waals surface area contributed by atoms with Crippen LogP contribution in [-0.4, -0.2) is 5.91 Å². The van der Waals surface area contributed by atoms with Crippen LogP contribution in [0.15, 0.2) is 48.5 Å². The van der Waals surface area contributed by atoms with Crippen LogP contribution in [0.5, 0.6) is 0 Å². The third-order valence-electron chi connectivity index (χ3n) is 3.00. The number of nitriles is 1. The lowest BCUT2D eigenvalue weighted by molar-refractivity contribution is 0.0944. The first-order chi connectivity index (χ1) is 9.61. The zero-order chi connectivity index (χ0) is 14.5. The molecule has 1 amide bonds. The van der Waals surface area contributed by atoms with Gasteiger partial charge < -0.3 is 5.32 Å². The van der Waals surface area contributed by atoms with E-state index in [0.717, 1.165) is 5.56 Å². The second-order valence-electron chi connectivity index (χ2n) is 4.40. The van der Waals surface area contributed by atoms with Crippen LogP contribution in [0.3, 0.4) is 0 Å². The normalized spacial score (nSPS) is 11.4. The fraction of sp³-hybridized carbons (Fsp3) is 0.125. The number of nitrogens with one attached hydrogen (secondary N) is 1. The summed E-state index contributed by atoms with van der Waals surface area (Å²) in [4.78, 5) is 12.1. The fourth-order valence-corrected chi connectivity index (χ4v) is 1.88. The van der Waals surface area contributed by atoms with Crippen LogP contribution in [0.1, 0.15) is 27.5 Å². The number of hydrogen-bond acceptors (Lipinski definition) is 2. The molecule has 0 saturated carbocycles. The lowest BCUT2D eigenvalue weighted by Gasteiger charge is -2.13. The number of hydrogen-bond donors (Lipinski definition) is 1. The topological polar surface area (TPSA) is 52.9 Å². The van der Waals surface area contributed by atoms with Crippen molar-refractivity contribution in [3.05, 3.63) is 71.0 Å². The monoisotopic (exact) mass is 268 g/mol. The first-order valence-corrected chi connectivity index (χ1v) is 6.13. The van der Waals surface area contributed by atoms with Crippen molar-refractivity contribution in [1.29, 1.82) is 5.26 Å². The van der Waals surface area contributed by atoms with Gasteiger partial charge in [0.1, 0.15) is 11.9 Å². The van der Waals surface area contributed by atoms with E-state index in [-0.39, 0.29) is 11.7 Å². The highest BCUT2D eigenvalue weighted by Gasteiger charge is 2.16. The van der Waals surface area contributed by atoms with Gasteiger partial charge in [-0.15, -0.1) is 0 Å². The standard InChI is InChI=1S/C16H13FN2O/c1-11-4-2-3-5-14(11)16(20)19-15(10-18)12-6-8-13(17)9-7-12/h2-9,15H,1H3,(H,19,20). The molecule has 1 unspecified atom stereocenters. The Labute approximate surface area is 116 Å². The van der Waals surface area contributed by atoms with E-state index in [2.05, 4.69) is 5.32 Å². The molecule has 2 rings (SSSR count). The van der Waals surface area contributed by atoms with Crippen molar-refractivity contribution in [2.24, 2.45) is 0 Å². The maximum Gasteiger partial charge on any atom is 0.252 e. The molecule has 0 saturated heterocycles. The Balaban J connectivity index is 2.19. The van der Waals surface area contributed by atoms with Gasteiger partial charge in [0.15, 0.2) is 0 Å². The predicted molar refractivity (Wildman–Crippen MR) is 73.4 cm³/mol. The van der Waals surface area contributed by atoms with Gasteiger partial charge in [0.2, 0.25) is 0 Å². The molecule has 0 spiro atoms. The molecule has 0 radical (unpaired) electrons. The zero-order valence-electron chi connectivity index (χ0n) is 10.9. The summed E-state index contributed by atoms with van der Waals surface area (Å²) in [5.41, 5.74) is 1.91. The van der Waals surface area contributed by atoms with Crippen LogP contribution >= 0.6 is 0 Å². The third kappa shape index (κ3) is 3.01. The van der Waals surface area contributed by atoms with Crippen LogP contribution in [0.25, 0.3) is 0 Å². The second kappa shape index (κ2) is 5.98. The van der Waals surface area contributed by atoms with Crippen molar-refractivity contribution in [2.45, 2.75) is 13.0 Å². The SMILES string of the molecule is Cc1ccccc1C(=O)NC(C#N)c1ccc(F)cc1. The molecule has 0 aliphatic heterocycles. The lowest BCUT2D eigenvalue weighted by Crippen LogP contribution is -2.28. The van der Waals surface area contributed by atoms with Crippen molar-refractivity contribution < 1.29 is 9.18 Å². The minimum atomic E-state index is -0.803. The summed E-state index contributed by atoms with van der Waals surface area (Å²) in [5.74, 6) is -0.699. The molecule has 0 aromatic heterocycles. The first-order valence-electron chi connectivity index (χ1n) is 6.13. The number of amides is 1. The molecule has 1 atom stereocenters. The molecule has 2 aromatic carbocycles. The van der Waals surface area contributed by atoms with E-state index < -0.39 is 6.04 Å². The van der Waals surface area contributed by atoms with Gasteiger partial charge >= 0.3 is 0 Å². The number of halogens is 1. The summed E-state index contributed by atoms with van der Waals surface area (Å²) in [7, 11) is 0. The maximum absolute atomic E-state index is 12.9. The van der Waals surface area contributed by atoms with E-state index in [0.29, 0.717) is 11.1 Å². The van der Waals surface area contributed by atoms with Crippen LogP contribution in [0.4, 0.5) is 4.39 Å². The molecule has 1 N–H and O–H groups in total. The molecular formula is C16H13FN2O. The molecule has 4 heteroatoms. The highest BCUT2D eigenvalue weighted by Crippen LogP contribution is 2.15. The number of nitrogens with zero attached hydrogens (tertiary/aromatic N) is 1.